The molecular formula is C25H30N8O5S. The summed E-state index contributed by atoms with van der Waals surface area (Å²) < 4.78 is 9.72. The van der Waals surface area contributed by atoms with Crippen molar-refractivity contribution in [1.82, 2.24) is 40.1 Å². The third kappa shape index (κ3) is 4.94. The van der Waals surface area contributed by atoms with Crippen LogP contribution < -0.4 is 5.32 Å². The van der Waals surface area contributed by atoms with E-state index in [1.54, 1.807) is 16.0 Å². The quantitative estimate of drug-likeness (QED) is 0.271. The normalized spacial score (nSPS) is 26.2. The van der Waals surface area contributed by atoms with Gasteiger partial charge in [0.15, 0.2) is 11.5 Å². The Morgan fingerprint density at radius 1 is 1.21 bits per heavy atom. The summed E-state index contributed by atoms with van der Waals surface area (Å²) in [6, 6.07) is 4.69. The molecule has 14 heteroatoms. The van der Waals surface area contributed by atoms with Crippen molar-refractivity contribution in [1.29, 1.82) is 0 Å². The monoisotopic (exact) mass is 554 g/mol. The summed E-state index contributed by atoms with van der Waals surface area (Å²) in [7, 11) is 0. The van der Waals surface area contributed by atoms with Gasteiger partial charge in [-0.3, -0.25) is 4.79 Å². The van der Waals surface area contributed by atoms with Gasteiger partial charge in [-0.05, 0) is 38.0 Å². The first-order valence-electron chi connectivity index (χ1n) is 13.1. The van der Waals surface area contributed by atoms with E-state index in [9.17, 15) is 20.1 Å². The van der Waals surface area contributed by atoms with Gasteiger partial charge in [0.2, 0.25) is 0 Å². The Kier molecular flexibility index (Phi) is 7.12. The number of carbonyl (C=O) groups excluding carboxylic acids is 1. The van der Waals surface area contributed by atoms with Crippen LogP contribution in [0, 0.1) is 6.92 Å². The van der Waals surface area contributed by atoms with Crippen molar-refractivity contribution in [2.24, 2.45) is 0 Å². The number of carbonyl (C=O) groups is 1. The maximum atomic E-state index is 12.8. The molecule has 5 atom stereocenters. The largest absolute Gasteiger partial charge is 0.394 e. The predicted molar refractivity (Wildman–Crippen MR) is 139 cm³/mol. The lowest BCUT2D eigenvalue weighted by atomic mass is 9.92. The molecule has 0 spiro atoms. The number of rotatable bonds is 6. The first-order chi connectivity index (χ1) is 18.9. The summed E-state index contributed by atoms with van der Waals surface area (Å²) in [4.78, 5) is 21.6. The van der Waals surface area contributed by atoms with Crippen LogP contribution >= 0.6 is 11.3 Å². The van der Waals surface area contributed by atoms with Gasteiger partial charge >= 0.3 is 0 Å². The van der Waals surface area contributed by atoms with Gasteiger partial charge in [-0.15, -0.1) is 16.4 Å². The van der Waals surface area contributed by atoms with E-state index in [0.29, 0.717) is 5.69 Å². The third-order valence-electron chi connectivity index (χ3n) is 7.43. The molecule has 13 nitrogen and oxygen atoms in total. The van der Waals surface area contributed by atoms with Gasteiger partial charge in [-0.25, -0.2) is 19.3 Å². The highest BCUT2D eigenvalue weighted by Gasteiger charge is 2.48. The Balaban J connectivity index is 1.28. The molecule has 1 saturated heterocycles. The zero-order valence-corrected chi connectivity index (χ0v) is 22.1. The fraction of sp³-hybridized carbons (Fsp3) is 0.520. The van der Waals surface area contributed by atoms with Gasteiger partial charge in [0, 0.05) is 6.04 Å². The summed E-state index contributed by atoms with van der Waals surface area (Å²) in [6.07, 6.45) is 3.12. The van der Waals surface area contributed by atoms with Crippen LogP contribution in [0.5, 0.6) is 0 Å². The van der Waals surface area contributed by atoms with Crippen molar-refractivity contribution >= 4 is 27.5 Å². The molecule has 6 rings (SSSR count). The maximum Gasteiger partial charge on any atom is 0.273 e. The highest BCUT2D eigenvalue weighted by atomic mass is 32.1. The van der Waals surface area contributed by atoms with Crippen LogP contribution in [-0.4, -0.2) is 86.9 Å². The molecule has 0 bridgehead atoms. The fourth-order valence-electron chi connectivity index (χ4n) is 5.46. The van der Waals surface area contributed by atoms with Crippen LogP contribution in [0.1, 0.15) is 65.6 Å². The number of aryl methyl sites for hydroxylation is 1. The van der Waals surface area contributed by atoms with Gasteiger partial charge in [0.25, 0.3) is 5.91 Å². The zero-order chi connectivity index (χ0) is 27.1. The molecule has 0 radical (unpaired) electrons. The van der Waals surface area contributed by atoms with Gasteiger partial charge < -0.3 is 25.4 Å². The van der Waals surface area contributed by atoms with Crippen LogP contribution in [-0.2, 0) is 4.74 Å². The molecule has 206 valence electrons. The standard InChI is InChI=1S/C25H30N8O5S/c1-13-28-16-8-7-15(9-19(16)39-13)33-24(26-12-27-33)23-22(36)20(21(35)18(11-34)38-23)32-10-17(30-31-32)25(37)29-14-5-3-2-4-6-14/h7-10,12,14,18,20-23,34-36H,2-6,11H2,1H3,(H,29,37)/t18-,20+,21+,22-,23-/m1/s1. The van der Waals surface area contributed by atoms with Gasteiger partial charge in [-0.1, -0.05) is 24.5 Å². The van der Waals surface area contributed by atoms with E-state index in [4.69, 9.17) is 4.74 Å². The minimum absolute atomic E-state index is 0.0832. The van der Waals surface area contributed by atoms with Crippen molar-refractivity contribution < 1.29 is 24.9 Å². The van der Waals surface area contributed by atoms with E-state index in [0.717, 1.165) is 40.9 Å². The highest BCUT2D eigenvalue weighted by molar-refractivity contribution is 7.18. The Hall–Kier alpha value is -3.30. The van der Waals surface area contributed by atoms with Crippen LogP contribution in [0.25, 0.3) is 15.9 Å². The molecule has 39 heavy (non-hydrogen) atoms. The molecule has 3 aromatic heterocycles. The van der Waals surface area contributed by atoms with Gasteiger partial charge in [0.1, 0.15) is 36.8 Å². The minimum Gasteiger partial charge on any atom is -0.394 e. The van der Waals surface area contributed by atoms with Crippen LogP contribution in [0.4, 0.5) is 0 Å². The number of ether oxygens (including phenoxy) is 1. The topological polar surface area (TPSA) is 173 Å². The lowest BCUT2D eigenvalue weighted by molar-refractivity contribution is -0.210. The summed E-state index contributed by atoms with van der Waals surface area (Å²) in [5.41, 5.74) is 1.65. The van der Waals surface area contributed by atoms with E-state index in [1.165, 1.54) is 23.6 Å². The molecule has 1 aromatic carbocycles. The third-order valence-corrected chi connectivity index (χ3v) is 8.37. The van der Waals surface area contributed by atoms with Crippen molar-refractivity contribution in [2.45, 2.75) is 75.5 Å². The number of thiazole rings is 1. The Labute approximate surface area is 227 Å². The zero-order valence-electron chi connectivity index (χ0n) is 21.3. The number of benzene rings is 1. The van der Waals surface area contributed by atoms with Gasteiger partial charge in [-0.2, -0.15) is 5.10 Å². The number of hydrogen-bond donors (Lipinski definition) is 4. The highest BCUT2D eigenvalue weighted by Crippen LogP contribution is 2.38. The smallest absolute Gasteiger partial charge is 0.273 e. The maximum absolute atomic E-state index is 12.8. The number of aromatic nitrogens is 7. The lowest BCUT2D eigenvalue weighted by Gasteiger charge is -2.41. The Morgan fingerprint density at radius 3 is 2.82 bits per heavy atom. The van der Waals surface area contributed by atoms with E-state index in [2.05, 4.69) is 30.7 Å². The number of hydrogen-bond acceptors (Lipinski definition) is 11. The van der Waals surface area contributed by atoms with Crippen LogP contribution in [0.3, 0.4) is 0 Å². The van der Waals surface area contributed by atoms with Crippen LogP contribution in [0.15, 0.2) is 30.7 Å². The SMILES string of the molecule is Cc1nc2ccc(-n3ncnc3[C@@H]3O[C@H](CO)[C@H](O)[C@H](n4cc(C(=O)NC5CCCCC5)nn4)[C@H]3O)cc2s1. The number of aliphatic hydroxyl groups is 3. The minimum atomic E-state index is -1.35. The Bertz CT molecular complexity index is 1460. The molecule has 0 unspecified atom stereocenters. The molecule has 4 N–H and O–H groups in total. The van der Waals surface area contributed by atoms with E-state index in [-0.39, 0.29) is 23.5 Å². The van der Waals surface area contributed by atoms with Crippen molar-refractivity contribution in [2.75, 3.05) is 6.61 Å². The number of fused-ring (bicyclic) bond motifs is 1. The van der Waals surface area contributed by atoms with E-state index >= 15 is 0 Å². The summed E-state index contributed by atoms with van der Waals surface area (Å²) >= 11 is 1.55. The molecule has 1 saturated carbocycles. The molecule has 1 aliphatic carbocycles. The fourth-order valence-corrected chi connectivity index (χ4v) is 6.32. The second kappa shape index (κ2) is 10.7. The summed E-state index contributed by atoms with van der Waals surface area (Å²) in [6.45, 7) is 1.43. The number of nitrogens with one attached hydrogen (secondary N) is 1. The van der Waals surface area contributed by atoms with Crippen molar-refractivity contribution in [3.63, 3.8) is 0 Å². The molecule has 2 aliphatic rings. The Morgan fingerprint density at radius 2 is 2.03 bits per heavy atom. The number of nitrogens with zero attached hydrogens (tertiary/aromatic N) is 7. The van der Waals surface area contributed by atoms with Gasteiger partial charge in [0.05, 0.1) is 33.7 Å². The predicted octanol–water partition coefficient (Wildman–Crippen LogP) is 1.23. The summed E-state index contributed by atoms with van der Waals surface area (Å²) in [5.74, 6) is -0.0679. The number of amides is 1. The molecular weight excluding hydrogens is 524 g/mol. The molecule has 1 amide bonds. The number of aliphatic hydroxyl groups excluding tert-OH is 3. The lowest BCUT2D eigenvalue weighted by Crippen LogP contribution is -2.53. The molecule has 2 fully saturated rings. The second-order valence-corrected chi connectivity index (χ2v) is 11.3. The average molecular weight is 555 g/mol. The average Bonchev–Trinajstić information content (AvgIpc) is 3.68. The molecule has 4 heterocycles. The van der Waals surface area contributed by atoms with Crippen LogP contribution in [0.2, 0.25) is 0 Å². The summed E-state index contributed by atoms with van der Waals surface area (Å²) in [5, 5.41) is 48.8. The van der Waals surface area contributed by atoms with Crippen molar-refractivity contribution in [3.05, 3.63) is 47.2 Å². The van der Waals surface area contributed by atoms with Crippen molar-refractivity contribution in [3.8, 4) is 5.69 Å². The first-order valence-corrected chi connectivity index (χ1v) is 13.9. The van der Waals surface area contributed by atoms with E-state index < -0.39 is 37.1 Å². The first kappa shape index (κ1) is 26.0. The second-order valence-electron chi connectivity index (χ2n) is 10.1. The molecule has 4 aromatic rings. The molecule has 1 aliphatic heterocycles. The van der Waals surface area contributed by atoms with E-state index in [1.807, 2.05) is 25.1 Å².